The Morgan fingerprint density at radius 3 is 1.97 bits per heavy atom. The van der Waals surface area contributed by atoms with Gasteiger partial charge in [0.2, 0.25) is 5.82 Å². The quantitative estimate of drug-likeness (QED) is 0.250. The van der Waals surface area contributed by atoms with Gasteiger partial charge in [0.05, 0.1) is 12.8 Å². The van der Waals surface area contributed by atoms with Crippen LogP contribution in [-0.4, -0.2) is 20.2 Å². The van der Waals surface area contributed by atoms with E-state index in [-0.39, 0.29) is 0 Å². The first-order chi connectivity index (χ1) is 18.3. The normalized spacial score (nSPS) is 15.0. The molecule has 2 saturated carbocycles. The van der Waals surface area contributed by atoms with Crippen molar-refractivity contribution >= 4 is 5.82 Å². The van der Waals surface area contributed by atoms with E-state index in [2.05, 4.69) is 58.9 Å². The van der Waals surface area contributed by atoms with E-state index in [9.17, 15) is 0 Å². The maximum atomic E-state index is 5.42. The summed E-state index contributed by atoms with van der Waals surface area (Å²) < 4.78 is 5.42. The molecule has 0 unspecified atom stereocenters. The molecule has 3 aromatic heterocycles. The van der Waals surface area contributed by atoms with Crippen molar-refractivity contribution in [2.24, 2.45) is 0 Å². The van der Waals surface area contributed by atoms with E-state index in [1.165, 1.54) is 36.8 Å². The molecule has 0 bridgehead atoms. The lowest BCUT2D eigenvalue weighted by Crippen LogP contribution is -2.04. The molecule has 2 aromatic carbocycles. The average molecular weight is 486 g/mol. The minimum Gasteiger partial charge on any atom is -0.467 e. The first kappa shape index (κ1) is 21.9. The van der Waals surface area contributed by atoms with Gasteiger partial charge in [0.25, 0.3) is 0 Å². The molecule has 1 N–H and O–H groups in total. The number of aromatic nitrogens is 4. The number of pyridine rings is 1. The maximum Gasteiger partial charge on any atom is 0.201 e. The molecule has 5 aromatic rings. The lowest BCUT2D eigenvalue weighted by atomic mass is 10.0. The second kappa shape index (κ2) is 9.28. The summed E-state index contributed by atoms with van der Waals surface area (Å²) in [6, 6.07) is 27.1. The summed E-state index contributed by atoms with van der Waals surface area (Å²) in [7, 11) is 0. The van der Waals surface area contributed by atoms with Crippen molar-refractivity contribution < 1.29 is 4.42 Å². The fraction of sp³-hybridized carbons (Fsp3) is 0.226. The molecular formula is C31H27N5O. The van der Waals surface area contributed by atoms with E-state index < -0.39 is 0 Å². The van der Waals surface area contributed by atoms with Crippen molar-refractivity contribution in [1.82, 2.24) is 20.2 Å². The van der Waals surface area contributed by atoms with Crippen molar-refractivity contribution in [3.05, 3.63) is 102 Å². The topological polar surface area (TPSA) is 76.7 Å². The third kappa shape index (κ3) is 4.75. The van der Waals surface area contributed by atoms with E-state index in [1.54, 1.807) is 6.26 Å². The number of hydrogen-bond donors (Lipinski definition) is 1. The fourth-order valence-corrected chi connectivity index (χ4v) is 4.74. The third-order valence-corrected chi connectivity index (χ3v) is 7.15. The summed E-state index contributed by atoms with van der Waals surface area (Å²) in [5.74, 6) is 3.51. The van der Waals surface area contributed by atoms with E-state index >= 15 is 0 Å². The predicted molar refractivity (Wildman–Crippen MR) is 144 cm³/mol. The number of benzene rings is 2. The van der Waals surface area contributed by atoms with Crippen LogP contribution in [0.1, 0.15) is 54.4 Å². The molecule has 2 fully saturated rings. The van der Waals surface area contributed by atoms with E-state index in [0.717, 1.165) is 40.0 Å². The SMILES string of the molecule is c1cc(NCc2ccco2)nc(-c2nnc(-c3ccc(C4CC4)cc3)c(-c3ccc(C4CC4)cc3)n2)c1. The predicted octanol–water partition coefficient (Wildman–Crippen LogP) is 7.23. The van der Waals surface area contributed by atoms with E-state index in [0.29, 0.717) is 24.0 Å². The standard InChI is InChI=1S/C31H27N5O/c1-4-27(33-28(5-1)32-19-26-3-2-18-37-26)31-34-29(24-14-10-22(11-15-24)20-6-7-20)30(35-36-31)25-16-12-23(13-17-25)21-8-9-21/h1-5,10-18,20-21H,6-9,19H2,(H,32,33). The van der Waals surface area contributed by atoms with Gasteiger partial charge in [-0.25, -0.2) is 9.97 Å². The van der Waals surface area contributed by atoms with Crippen molar-refractivity contribution in [3.8, 4) is 34.0 Å². The fourth-order valence-electron chi connectivity index (χ4n) is 4.74. The second-order valence-corrected chi connectivity index (χ2v) is 9.97. The molecule has 37 heavy (non-hydrogen) atoms. The van der Waals surface area contributed by atoms with Gasteiger partial charge in [0.15, 0.2) is 0 Å². The number of hydrogen-bond acceptors (Lipinski definition) is 6. The number of rotatable bonds is 8. The summed E-state index contributed by atoms with van der Waals surface area (Å²) >= 11 is 0. The lowest BCUT2D eigenvalue weighted by molar-refractivity contribution is 0.518. The van der Waals surface area contributed by atoms with Gasteiger partial charge in [-0.3, -0.25) is 0 Å². The Morgan fingerprint density at radius 2 is 1.35 bits per heavy atom. The highest BCUT2D eigenvalue weighted by atomic mass is 16.3. The minimum atomic E-state index is 0.501. The first-order valence-electron chi connectivity index (χ1n) is 13.0. The molecule has 0 atom stereocenters. The van der Waals surface area contributed by atoms with Crippen LogP contribution in [0.3, 0.4) is 0 Å². The summed E-state index contributed by atoms with van der Waals surface area (Å²) in [6.07, 6.45) is 6.81. The van der Waals surface area contributed by atoms with Crippen LogP contribution < -0.4 is 5.32 Å². The number of furan rings is 1. The Balaban J connectivity index is 1.25. The summed E-state index contributed by atoms with van der Waals surface area (Å²) in [5, 5.41) is 12.5. The Bertz CT molecular complexity index is 1520. The molecule has 6 heteroatoms. The monoisotopic (exact) mass is 485 g/mol. The van der Waals surface area contributed by atoms with Crippen LogP contribution in [0, 0.1) is 0 Å². The smallest absolute Gasteiger partial charge is 0.201 e. The van der Waals surface area contributed by atoms with Crippen LogP contribution >= 0.6 is 0 Å². The third-order valence-electron chi connectivity index (χ3n) is 7.15. The molecule has 0 spiro atoms. The van der Waals surface area contributed by atoms with Gasteiger partial charge in [-0.2, -0.15) is 0 Å². The van der Waals surface area contributed by atoms with Gasteiger partial charge in [-0.1, -0.05) is 54.6 Å². The maximum absolute atomic E-state index is 5.42. The van der Waals surface area contributed by atoms with Gasteiger partial charge in [-0.15, -0.1) is 10.2 Å². The summed E-state index contributed by atoms with van der Waals surface area (Å²) in [5.41, 5.74) is 7.15. The van der Waals surface area contributed by atoms with Crippen LogP contribution in [0.15, 0.2) is 89.5 Å². The Morgan fingerprint density at radius 1 is 0.676 bits per heavy atom. The van der Waals surface area contributed by atoms with E-state index in [1.807, 2.05) is 30.3 Å². The highest BCUT2D eigenvalue weighted by Gasteiger charge is 2.25. The Labute approximate surface area is 215 Å². The number of nitrogens with one attached hydrogen (secondary N) is 1. The second-order valence-electron chi connectivity index (χ2n) is 9.97. The minimum absolute atomic E-state index is 0.501. The zero-order valence-electron chi connectivity index (χ0n) is 20.5. The Kier molecular flexibility index (Phi) is 5.50. The van der Waals surface area contributed by atoms with Gasteiger partial charge in [-0.05, 0) is 72.9 Å². The van der Waals surface area contributed by atoms with Crippen LogP contribution in [0.5, 0.6) is 0 Å². The van der Waals surface area contributed by atoms with Crippen molar-refractivity contribution in [2.45, 2.75) is 44.1 Å². The molecular weight excluding hydrogens is 458 g/mol. The summed E-state index contributed by atoms with van der Waals surface area (Å²) in [6.45, 7) is 0.553. The Hall–Kier alpha value is -4.32. The van der Waals surface area contributed by atoms with Crippen LogP contribution in [-0.2, 0) is 6.54 Å². The molecule has 3 heterocycles. The molecule has 182 valence electrons. The highest BCUT2D eigenvalue weighted by molar-refractivity contribution is 5.79. The molecule has 2 aliphatic rings. The molecule has 0 aliphatic heterocycles. The van der Waals surface area contributed by atoms with Gasteiger partial charge in [0.1, 0.15) is 28.7 Å². The van der Waals surface area contributed by atoms with Crippen LogP contribution in [0.25, 0.3) is 34.0 Å². The molecule has 0 amide bonds. The zero-order valence-corrected chi connectivity index (χ0v) is 20.5. The average Bonchev–Trinajstić information content (AvgIpc) is 3.90. The zero-order chi connectivity index (χ0) is 24.6. The number of anilines is 1. The van der Waals surface area contributed by atoms with E-state index in [4.69, 9.17) is 19.5 Å². The van der Waals surface area contributed by atoms with Gasteiger partial charge < -0.3 is 9.73 Å². The van der Waals surface area contributed by atoms with Crippen LogP contribution in [0.2, 0.25) is 0 Å². The summed E-state index contributed by atoms with van der Waals surface area (Å²) in [4.78, 5) is 9.76. The molecule has 0 saturated heterocycles. The molecule has 2 aliphatic carbocycles. The van der Waals surface area contributed by atoms with Gasteiger partial charge in [0, 0.05) is 11.1 Å². The largest absolute Gasteiger partial charge is 0.467 e. The highest BCUT2D eigenvalue weighted by Crippen LogP contribution is 2.42. The molecule has 7 rings (SSSR count). The van der Waals surface area contributed by atoms with Crippen molar-refractivity contribution in [3.63, 3.8) is 0 Å². The van der Waals surface area contributed by atoms with Crippen LogP contribution in [0.4, 0.5) is 5.82 Å². The van der Waals surface area contributed by atoms with Crippen molar-refractivity contribution in [1.29, 1.82) is 0 Å². The lowest BCUT2D eigenvalue weighted by Gasteiger charge is -2.11. The molecule has 6 nitrogen and oxygen atoms in total. The molecule has 0 radical (unpaired) electrons. The number of nitrogens with zero attached hydrogens (tertiary/aromatic N) is 4. The van der Waals surface area contributed by atoms with Gasteiger partial charge >= 0.3 is 0 Å². The van der Waals surface area contributed by atoms with Crippen molar-refractivity contribution in [2.75, 3.05) is 5.32 Å². The first-order valence-corrected chi connectivity index (χ1v) is 13.0.